The minimum atomic E-state index is -3.59. The fourth-order valence-electron chi connectivity index (χ4n) is 5.90. The first kappa shape index (κ1) is 24.5. The van der Waals surface area contributed by atoms with Gasteiger partial charge in [0.25, 0.3) is 0 Å². The number of rotatable bonds is 4. The predicted octanol–water partition coefficient (Wildman–Crippen LogP) is 6.68. The summed E-state index contributed by atoms with van der Waals surface area (Å²) < 4.78 is 21.3. The van der Waals surface area contributed by atoms with E-state index in [0.29, 0.717) is 21.9 Å². The summed E-state index contributed by atoms with van der Waals surface area (Å²) >= 11 is 0. The normalized spacial score (nSPS) is 19.1. The van der Waals surface area contributed by atoms with Crippen LogP contribution in [0.1, 0.15) is 40.9 Å². The molecule has 2 aliphatic rings. The number of anilines is 1. The highest BCUT2D eigenvalue weighted by Crippen LogP contribution is 2.55. The highest BCUT2D eigenvalue weighted by molar-refractivity contribution is 7.93. The van der Waals surface area contributed by atoms with Gasteiger partial charge in [0.1, 0.15) is 5.75 Å². The van der Waals surface area contributed by atoms with Crippen LogP contribution in [-0.2, 0) is 9.98 Å². The zero-order valence-electron chi connectivity index (χ0n) is 22.0. The molecule has 2 aliphatic heterocycles. The van der Waals surface area contributed by atoms with Gasteiger partial charge >= 0.3 is 0 Å². The Kier molecular flexibility index (Phi) is 5.52. The summed E-state index contributed by atoms with van der Waals surface area (Å²) in [6.45, 7) is 6.52. The standard InChI is InChI=1S/C33H30NO3P/c1-23-15-17-29-28(21-23)32(2,3)33(34(29)4)20-19-24-22-25(16-18-30(24)37-33)31(35)38(36,26-11-7-5-8-12-26)27-13-9-6-10-14-27/h5-22H,1-4H3. The van der Waals surface area contributed by atoms with Crippen LogP contribution >= 0.6 is 7.14 Å². The van der Waals surface area contributed by atoms with Gasteiger partial charge in [-0.15, -0.1) is 0 Å². The van der Waals surface area contributed by atoms with Crippen molar-refractivity contribution in [1.29, 1.82) is 0 Å². The molecule has 0 radical (unpaired) electrons. The van der Waals surface area contributed by atoms with Crippen molar-refractivity contribution >= 4 is 35.0 Å². The highest BCUT2D eigenvalue weighted by atomic mass is 31.2. The lowest BCUT2D eigenvalue weighted by atomic mass is 9.76. The van der Waals surface area contributed by atoms with E-state index in [1.165, 1.54) is 11.1 Å². The monoisotopic (exact) mass is 519 g/mol. The lowest BCUT2D eigenvalue weighted by molar-refractivity contribution is 0.0581. The van der Waals surface area contributed by atoms with E-state index >= 15 is 0 Å². The van der Waals surface area contributed by atoms with Crippen LogP contribution in [0.5, 0.6) is 5.75 Å². The average Bonchev–Trinajstić information content (AvgIpc) is 3.10. The minimum Gasteiger partial charge on any atom is -0.463 e. The number of ether oxygens (including phenoxy) is 1. The Morgan fingerprint density at radius 1 is 0.842 bits per heavy atom. The lowest BCUT2D eigenvalue weighted by Gasteiger charge is -2.45. The molecule has 5 heteroatoms. The van der Waals surface area contributed by atoms with Crippen molar-refractivity contribution in [3.63, 3.8) is 0 Å². The topological polar surface area (TPSA) is 46.6 Å². The van der Waals surface area contributed by atoms with Gasteiger partial charge in [0.05, 0.1) is 5.41 Å². The van der Waals surface area contributed by atoms with Crippen LogP contribution in [0.15, 0.2) is 103 Å². The molecule has 0 aromatic heterocycles. The first-order valence-electron chi connectivity index (χ1n) is 12.8. The van der Waals surface area contributed by atoms with Gasteiger partial charge in [0, 0.05) is 34.5 Å². The van der Waals surface area contributed by atoms with E-state index in [-0.39, 0.29) is 10.9 Å². The molecule has 1 unspecified atom stereocenters. The molecule has 2 heterocycles. The maximum Gasteiger partial charge on any atom is 0.230 e. The van der Waals surface area contributed by atoms with Crippen molar-refractivity contribution in [2.45, 2.75) is 31.9 Å². The Bertz CT molecular complexity index is 1600. The number of benzene rings is 4. The van der Waals surface area contributed by atoms with Crippen molar-refractivity contribution in [3.8, 4) is 5.75 Å². The van der Waals surface area contributed by atoms with Gasteiger partial charge in [-0.2, -0.15) is 0 Å². The van der Waals surface area contributed by atoms with Gasteiger partial charge < -0.3 is 14.2 Å². The van der Waals surface area contributed by atoms with Gasteiger partial charge in [-0.1, -0.05) is 78.4 Å². The van der Waals surface area contributed by atoms with Gasteiger partial charge in [0.2, 0.25) is 18.4 Å². The Morgan fingerprint density at radius 2 is 1.47 bits per heavy atom. The van der Waals surface area contributed by atoms with Gasteiger partial charge in [0.15, 0.2) is 0 Å². The van der Waals surface area contributed by atoms with E-state index in [1.807, 2.05) is 48.5 Å². The molecular formula is C33H30NO3P. The first-order chi connectivity index (χ1) is 18.2. The van der Waals surface area contributed by atoms with Crippen LogP contribution in [0.3, 0.4) is 0 Å². The minimum absolute atomic E-state index is 0.317. The predicted molar refractivity (Wildman–Crippen MR) is 156 cm³/mol. The van der Waals surface area contributed by atoms with Crippen molar-refractivity contribution < 1.29 is 14.1 Å². The van der Waals surface area contributed by atoms with Gasteiger partial charge in [-0.05, 0) is 62.8 Å². The molecule has 38 heavy (non-hydrogen) atoms. The number of fused-ring (bicyclic) bond motifs is 2. The molecule has 4 aromatic rings. The summed E-state index contributed by atoms with van der Waals surface area (Å²) in [5.41, 5.74) is 3.40. The van der Waals surface area contributed by atoms with E-state index in [1.54, 1.807) is 36.4 Å². The molecule has 1 spiro atoms. The van der Waals surface area contributed by atoms with Crippen molar-refractivity contribution in [3.05, 3.63) is 125 Å². The van der Waals surface area contributed by atoms with E-state index in [0.717, 1.165) is 11.3 Å². The lowest BCUT2D eigenvalue weighted by Crippen LogP contribution is -2.58. The molecule has 0 bridgehead atoms. The van der Waals surface area contributed by atoms with E-state index in [9.17, 15) is 9.36 Å². The Hall–Kier alpha value is -3.88. The molecule has 0 N–H and O–H groups in total. The molecule has 6 rings (SSSR count). The number of nitrogens with zero attached hydrogens (tertiary/aromatic N) is 1. The van der Waals surface area contributed by atoms with Crippen LogP contribution < -0.4 is 20.2 Å². The fourth-order valence-corrected chi connectivity index (χ4v) is 8.35. The van der Waals surface area contributed by atoms with Crippen LogP contribution in [0.25, 0.3) is 6.08 Å². The Labute approximate surface area is 224 Å². The van der Waals surface area contributed by atoms with E-state index < -0.39 is 12.9 Å². The fraction of sp³-hybridized carbons (Fsp3) is 0.182. The third-order valence-electron chi connectivity index (χ3n) is 8.12. The van der Waals surface area contributed by atoms with Gasteiger partial charge in [-0.25, -0.2) is 0 Å². The average molecular weight is 520 g/mol. The quantitative estimate of drug-likeness (QED) is 0.282. The van der Waals surface area contributed by atoms with E-state index in [2.05, 4.69) is 57.0 Å². The highest BCUT2D eigenvalue weighted by Gasteiger charge is 2.57. The number of likely N-dealkylation sites (N-methyl/N-ethyl adjacent to an activating group) is 1. The summed E-state index contributed by atoms with van der Waals surface area (Å²) in [5.74, 6) is 0.697. The summed E-state index contributed by atoms with van der Waals surface area (Å²) in [4.78, 5) is 16.2. The molecular weight excluding hydrogens is 489 g/mol. The van der Waals surface area contributed by atoms with Crippen LogP contribution in [-0.4, -0.2) is 18.3 Å². The van der Waals surface area contributed by atoms with E-state index in [4.69, 9.17) is 4.74 Å². The molecule has 0 saturated heterocycles. The number of aryl methyl sites for hydroxylation is 1. The Morgan fingerprint density at radius 3 is 2.11 bits per heavy atom. The molecule has 190 valence electrons. The molecule has 4 nitrogen and oxygen atoms in total. The number of carbonyl (C=O) groups excluding carboxylic acids is 1. The first-order valence-corrected chi connectivity index (χ1v) is 14.5. The summed E-state index contributed by atoms with van der Waals surface area (Å²) in [6.07, 6.45) is 4.12. The zero-order valence-corrected chi connectivity index (χ0v) is 22.9. The smallest absolute Gasteiger partial charge is 0.230 e. The van der Waals surface area contributed by atoms with Crippen molar-refractivity contribution in [2.75, 3.05) is 11.9 Å². The van der Waals surface area contributed by atoms with Crippen LogP contribution in [0, 0.1) is 6.92 Å². The summed E-state index contributed by atoms with van der Waals surface area (Å²) in [6, 6.07) is 30.0. The maximum absolute atomic E-state index is 14.6. The SMILES string of the molecule is Cc1ccc2c(c1)C(C)(C)C1(C=Cc3cc(C(=O)P(=O)(c4ccccc4)c4ccccc4)ccc3O1)N2C. The van der Waals surface area contributed by atoms with Crippen molar-refractivity contribution in [1.82, 2.24) is 0 Å². The number of hydrogen-bond donors (Lipinski definition) is 0. The Balaban J connectivity index is 1.41. The molecule has 4 aromatic carbocycles. The summed E-state index contributed by atoms with van der Waals surface area (Å²) in [7, 11) is -1.53. The molecule has 0 aliphatic carbocycles. The largest absolute Gasteiger partial charge is 0.463 e. The third kappa shape index (κ3) is 3.37. The third-order valence-corrected chi connectivity index (χ3v) is 11.0. The number of hydrogen-bond acceptors (Lipinski definition) is 4. The summed E-state index contributed by atoms with van der Waals surface area (Å²) in [5, 5.41) is 1.06. The molecule has 0 saturated carbocycles. The van der Waals surface area contributed by atoms with Crippen molar-refractivity contribution in [2.24, 2.45) is 0 Å². The molecule has 0 fully saturated rings. The second-order valence-electron chi connectivity index (χ2n) is 10.7. The van der Waals surface area contributed by atoms with Gasteiger partial charge in [-0.3, -0.25) is 4.79 Å². The van der Waals surface area contributed by atoms with Crippen LogP contribution in [0.2, 0.25) is 0 Å². The second-order valence-corrected chi connectivity index (χ2v) is 13.3. The van der Waals surface area contributed by atoms with Crippen LogP contribution in [0.4, 0.5) is 5.69 Å². The zero-order chi connectivity index (χ0) is 26.7. The molecule has 1 atom stereocenters. The number of carbonyl (C=O) groups is 1. The maximum atomic E-state index is 14.6. The second kappa shape index (κ2) is 8.58. The molecule has 0 amide bonds.